The zero-order chi connectivity index (χ0) is 8.81. The van der Waals surface area contributed by atoms with Gasteiger partial charge in [0.15, 0.2) is 0 Å². The van der Waals surface area contributed by atoms with E-state index in [0.29, 0.717) is 6.61 Å². The fraction of sp³-hybridized carbons (Fsp3) is 0.143. The Kier molecular flexibility index (Phi) is 4.06. The second-order valence-electron chi connectivity index (χ2n) is 2.09. The Morgan fingerprint density at radius 1 is 1.42 bits per heavy atom. The highest BCUT2D eigenvalue weighted by atomic mass is 32.1. The van der Waals surface area contributed by atoms with Crippen molar-refractivity contribution in [3.05, 3.63) is 29.8 Å². The average molecular weight is 186 g/mol. The predicted octanol–water partition coefficient (Wildman–Crippen LogP) is 0.802. The van der Waals surface area contributed by atoms with Crippen LogP contribution in [0.3, 0.4) is 0 Å². The first-order valence-electron chi connectivity index (χ1n) is 3.35. The normalized spacial score (nSPS) is 10.2. The first-order valence-corrected chi connectivity index (χ1v) is 3.80. The molecule has 0 aliphatic heterocycles. The third-order valence-corrected chi connectivity index (χ3v) is 1.75. The summed E-state index contributed by atoms with van der Waals surface area (Å²) in [7, 11) is 0. The minimum Gasteiger partial charge on any atom is -0.245 e. The monoisotopic (exact) mass is 186 g/mol. The predicted molar refractivity (Wildman–Crippen MR) is 46.9 cm³/mol. The summed E-state index contributed by atoms with van der Waals surface area (Å²) in [4.78, 5) is 9.81. The maximum Gasteiger partial charge on any atom is 0.110 e. The zero-order valence-corrected chi connectivity index (χ0v) is 7.25. The molecular weight excluding hydrogens is 176 g/mol. The zero-order valence-electron chi connectivity index (χ0n) is 6.36. The molecule has 0 saturated heterocycles. The first kappa shape index (κ1) is 9.50. The van der Waals surface area contributed by atoms with Crippen molar-refractivity contribution in [2.75, 3.05) is 0 Å². The van der Waals surface area contributed by atoms with Gasteiger partial charge in [-0.15, -0.1) is 23.2 Å². The molecule has 0 radical (unpaired) electrons. The van der Waals surface area contributed by atoms with E-state index in [2.05, 4.69) is 22.5 Å². The summed E-state index contributed by atoms with van der Waals surface area (Å²) in [5, 5.41) is 0. The molecule has 1 rings (SSSR count). The number of hydrogen-bond donors (Lipinski definition) is 3. The van der Waals surface area contributed by atoms with Gasteiger partial charge in [-0.2, -0.15) is 0 Å². The number of nitrogens with one attached hydrogen (secondary N) is 1. The molecule has 0 fully saturated rings. The van der Waals surface area contributed by atoms with Gasteiger partial charge in [-0.1, -0.05) is 18.2 Å². The topological polar surface area (TPSA) is 56.5 Å². The molecule has 0 aliphatic rings. The number of hydrogen-bond acceptors (Lipinski definition) is 5. The molecule has 0 unspecified atom stereocenters. The SMILES string of the molecule is NNOOCc1ccccc1S. The second kappa shape index (κ2) is 5.13. The highest BCUT2D eigenvalue weighted by Crippen LogP contribution is 2.13. The van der Waals surface area contributed by atoms with E-state index in [1.54, 1.807) is 0 Å². The van der Waals surface area contributed by atoms with Gasteiger partial charge in [0.1, 0.15) is 6.61 Å². The van der Waals surface area contributed by atoms with Gasteiger partial charge < -0.3 is 0 Å². The maximum atomic E-state index is 4.81. The molecule has 12 heavy (non-hydrogen) atoms. The van der Waals surface area contributed by atoms with E-state index >= 15 is 0 Å². The van der Waals surface area contributed by atoms with Crippen molar-refractivity contribution < 1.29 is 9.88 Å². The van der Waals surface area contributed by atoms with Crippen LogP contribution in [0.1, 0.15) is 5.56 Å². The summed E-state index contributed by atoms with van der Waals surface area (Å²) in [5.41, 5.74) is 2.85. The van der Waals surface area contributed by atoms with E-state index in [-0.39, 0.29) is 0 Å². The molecule has 66 valence electrons. The van der Waals surface area contributed by atoms with Gasteiger partial charge in [0.2, 0.25) is 0 Å². The van der Waals surface area contributed by atoms with Crippen LogP contribution in [0.25, 0.3) is 0 Å². The van der Waals surface area contributed by atoms with E-state index in [1.807, 2.05) is 29.9 Å². The van der Waals surface area contributed by atoms with Crippen molar-refractivity contribution in [3.8, 4) is 0 Å². The molecule has 3 N–H and O–H groups in total. The molecule has 0 aliphatic carbocycles. The van der Waals surface area contributed by atoms with Gasteiger partial charge in [0.05, 0.1) is 0 Å². The summed E-state index contributed by atoms with van der Waals surface area (Å²) in [5.74, 6) is 4.81. The van der Waals surface area contributed by atoms with Crippen LogP contribution in [0.2, 0.25) is 0 Å². The summed E-state index contributed by atoms with van der Waals surface area (Å²) < 4.78 is 0. The highest BCUT2D eigenvalue weighted by Gasteiger charge is 1.96. The number of benzene rings is 1. The van der Waals surface area contributed by atoms with Gasteiger partial charge in [0.25, 0.3) is 0 Å². The Hall–Kier alpha value is -0.590. The highest BCUT2D eigenvalue weighted by molar-refractivity contribution is 7.80. The molecule has 0 bridgehead atoms. The lowest BCUT2D eigenvalue weighted by Gasteiger charge is -2.03. The number of hydrazine groups is 1. The molecule has 4 nitrogen and oxygen atoms in total. The van der Waals surface area contributed by atoms with Crippen LogP contribution in [0, 0.1) is 0 Å². The summed E-state index contributed by atoms with van der Waals surface area (Å²) in [6, 6.07) is 7.56. The third-order valence-electron chi connectivity index (χ3n) is 1.31. The van der Waals surface area contributed by atoms with Crippen LogP contribution in [0.15, 0.2) is 29.2 Å². The van der Waals surface area contributed by atoms with Gasteiger partial charge in [-0.25, -0.2) is 10.7 Å². The first-order chi connectivity index (χ1) is 5.84. The van der Waals surface area contributed by atoms with Crippen LogP contribution in [0.5, 0.6) is 0 Å². The van der Waals surface area contributed by atoms with Gasteiger partial charge >= 0.3 is 0 Å². The molecule has 5 heteroatoms. The smallest absolute Gasteiger partial charge is 0.110 e. The Labute approximate surface area is 75.9 Å². The minimum absolute atomic E-state index is 0.309. The molecule has 1 aromatic rings. The average Bonchev–Trinajstić information content (AvgIpc) is 2.09. The number of thiol groups is 1. The summed E-state index contributed by atoms with van der Waals surface area (Å²) in [6.45, 7) is 0.309. The Bertz CT molecular complexity index is 245. The van der Waals surface area contributed by atoms with Crippen LogP contribution >= 0.6 is 12.6 Å². The van der Waals surface area contributed by atoms with Crippen LogP contribution < -0.4 is 11.4 Å². The van der Waals surface area contributed by atoms with E-state index in [0.717, 1.165) is 10.5 Å². The number of nitrogens with two attached hydrogens (primary N) is 1. The third kappa shape index (κ3) is 2.80. The molecule has 0 spiro atoms. The fourth-order valence-electron chi connectivity index (χ4n) is 0.760. The summed E-state index contributed by atoms with van der Waals surface area (Å²) >= 11 is 4.21. The van der Waals surface area contributed by atoms with Crippen molar-refractivity contribution in [1.82, 2.24) is 5.59 Å². The van der Waals surface area contributed by atoms with E-state index in [1.165, 1.54) is 0 Å². The lowest BCUT2D eigenvalue weighted by molar-refractivity contribution is -0.346. The van der Waals surface area contributed by atoms with Crippen LogP contribution in [-0.4, -0.2) is 0 Å². The lowest BCUT2D eigenvalue weighted by atomic mass is 10.2. The van der Waals surface area contributed by atoms with Crippen molar-refractivity contribution in [1.29, 1.82) is 0 Å². The molecule has 0 atom stereocenters. The molecule has 0 aromatic heterocycles. The van der Waals surface area contributed by atoms with E-state index in [9.17, 15) is 0 Å². The second-order valence-corrected chi connectivity index (χ2v) is 2.57. The van der Waals surface area contributed by atoms with E-state index in [4.69, 9.17) is 5.84 Å². The van der Waals surface area contributed by atoms with Crippen molar-refractivity contribution >= 4 is 12.6 Å². The Balaban J connectivity index is 2.46. The van der Waals surface area contributed by atoms with Crippen LogP contribution in [-0.2, 0) is 16.5 Å². The van der Waals surface area contributed by atoms with Gasteiger partial charge in [-0.05, 0) is 11.6 Å². The quantitative estimate of drug-likeness (QED) is 0.214. The lowest BCUT2D eigenvalue weighted by Crippen LogP contribution is -2.22. The molecule has 1 aromatic carbocycles. The minimum atomic E-state index is 0.309. The largest absolute Gasteiger partial charge is 0.245 e. The fourth-order valence-corrected chi connectivity index (χ4v) is 0.985. The number of rotatable bonds is 4. The molecule has 0 heterocycles. The molecule has 0 amide bonds. The molecular formula is C7H10N2O2S. The molecule has 0 saturated carbocycles. The maximum absolute atomic E-state index is 4.81. The van der Waals surface area contributed by atoms with Gasteiger partial charge in [-0.3, -0.25) is 0 Å². The standard InChI is InChI=1S/C7H10N2O2S/c8-9-11-10-5-6-3-1-2-4-7(6)12/h1-4,9,12H,5,8H2. The van der Waals surface area contributed by atoms with Crippen molar-refractivity contribution in [3.63, 3.8) is 0 Å². The van der Waals surface area contributed by atoms with Crippen LogP contribution in [0.4, 0.5) is 0 Å². The van der Waals surface area contributed by atoms with Crippen molar-refractivity contribution in [2.45, 2.75) is 11.5 Å². The van der Waals surface area contributed by atoms with Crippen molar-refractivity contribution in [2.24, 2.45) is 5.84 Å². The van der Waals surface area contributed by atoms with E-state index < -0.39 is 0 Å². The Morgan fingerprint density at radius 2 is 2.17 bits per heavy atom. The van der Waals surface area contributed by atoms with Gasteiger partial charge in [0, 0.05) is 4.90 Å². The Morgan fingerprint density at radius 3 is 2.83 bits per heavy atom. The summed E-state index contributed by atoms with van der Waals surface area (Å²) in [6.07, 6.45) is 0.